The lowest BCUT2D eigenvalue weighted by Crippen LogP contribution is -2.46. The number of rotatable bonds is 1. The van der Waals surface area contributed by atoms with Gasteiger partial charge in [0.2, 0.25) is 0 Å². The first kappa shape index (κ1) is 14.8. The smallest absolute Gasteiger partial charge is 0.429 e. The predicted octanol–water partition coefficient (Wildman–Crippen LogP) is 3.05. The molecule has 110 valence electrons. The minimum atomic E-state index is -0.562. The van der Waals surface area contributed by atoms with Gasteiger partial charge in [-0.1, -0.05) is 0 Å². The Hall–Kier alpha value is -1.56. The van der Waals surface area contributed by atoms with E-state index in [1.807, 2.05) is 33.8 Å². The van der Waals surface area contributed by atoms with Crippen molar-refractivity contribution in [3.8, 4) is 0 Å². The maximum absolute atomic E-state index is 12.4. The number of amides is 2. The molecule has 2 heterocycles. The Labute approximate surface area is 123 Å². The van der Waals surface area contributed by atoms with Crippen molar-refractivity contribution < 1.29 is 14.3 Å². The highest BCUT2D eigenvalue weighted by Crippen LogP contribution is 2.22. The molecule has 20 heavy (non-hydrogen) atoms. The van der Waals surface area contributed by atoms with Crippen LogP contribution >= 0.6 is 11.3 Å². The topological polar surface area (TPSA) is 49.9 Å². The summed E-state index contributed by atoms with van der Waals surface area (Å²) in [7, 11) is 0. The summed E-state index contributed by atoms with van der Waals surface area (Å²) in [6, 6.07) is 3.71. The van der Waals surface area contributed by atoms with Crippen molar-refractivity contribution >= 4 is 23.3 Å². The predicted molar refractivity (Wildman–Crippen MR) is 77.6 cm³/mol. The van der Waals surface area contributed by atoms with Gasteiger partial charge in [0.25, 0.3) is 5.91 Å². The van der Waals surface area contributed by atoms with Gasteiger partial charge in [-0.25, -0.2) is 14.8 Å². The summed E-state index contributed by atoms with van der Waals surface area (Å²) < 4.78 is 5.34. The van der Waals surface area contributed by atoms with Gasteiger partial charge in [-0.15, -0.1) is 11.3 Å². The zero-order chi connectivity index (χ0) is 14.9. The largest absolute Gasteiger partial charge is 0.442 e. The minimum absolute atomic E-state index is 0.133. The minimum Gasteiger partial charge on any atom is -0.442 e. The number of carbonyl (C=O) groups is 2. The van der Waals surface area contributed by atoms with Crippen LogP contribution in [0.4, 0.5) is 4.79 Å². The highest BCUT2D eigenvalue weighted by Gasteiger charge is 2.34. The van der Waals surface area contributed by atoms with Crippen LogP contribution in [0.5, 0.6) is 0 Å². The van der Waals surface area contributed by atoms with Gasteiger partial charge in [-0.05, 0) is 46.2 Å². The third kappa shape index (κ3) is 3.30. The van der Waals surface area contributed by atoms with E-state index in [9.17, 15) is 9.59 Å². The summed E-state index contributed by atoms with van der Waals surface area (Å²) in [5.74, 6) is -0.133. The number of carbonyl (C=O) groups excluding carboxylic acids is 2. The van der Waals surface area contributed by atoms with E-state index in [-0.39, 0.29) is 5.91 Å². The maximum Gasteiger partial charge on any atom is 0.429 e. The Morgan fingerprint density at radius 1 is 1.20 bits per heavy atom. The summed E-state index contributed by atoms with van der Waals surface area (Å²) in [5, 5.41) is 2.89. The molecule has 0 saturated carbocycles. The van der Waals surface area contributed by atoms with Crippen molar-refractivity contribution in [3.05, 3.63) is 21.9 Å². The number of hydrogen-bond donors (Lipinski definition) is 0. The van der Waals surface area contributed by atoms with Gasteiger partial charge >= 0.3 is 6.09 Å². The van der Waals surface area contributed by atoms with Gasteiger partial charge in [0, 0.05) is 18.0 Å². The van der Waals surface area contributed by atoms with Crippen molar-refractivity contribution in [2.45, 2.75) is 39.7 Å². The van der Waals surface area contributed by atoms with Crippen LogP contribution in [0, 0.1) is 6.92 Å². The van der Waals surface area contributed by atoms with Crippen LogP contribution in [0.15, 0.2) is 12.1 Å². The van der Waals surface area contributed by atoms with Crippen molar-refractivity contribution in [1.82, 2.24) is 10.0 Å². The first-order chi connectivity index (χ1) is 9.28. The molecule has 1 aliphatic rings. The van der Waals surface area contributed by atoms with Gasteiger partial charge in [-0.3, -0.25) is 4.79 Å². The van der Waals surface area contributed by atoms with Crippen LogP contribution in [-0.2, 0) is 4.74 Å². The van der Waals surface area contributed by atoms with E-state index < -0.39 is 11.7 Å². The van der Waals surface area contributed by atoms with Crippen LogP contribution in [0.2, 0.25) is 0 Å². The summed E-state index contributed by atoms with van der Waals surface area (Å²) in [5.41, 5.74) is -0.562. The van der Waals surface area contributed by atoms with Crippen LogP contribution in [-0.4, -0.2) is 40.7 Å². The lowest BCUT2D eigenvalue weighted by Gasteiger charge is -2.30. The molecule has 2 rings (SSSR count). The van der Waals surface area contributed by atoms with E-state index >= 15 is 0 Å². The quantitative estimate of drug-likeness (QED) is 0.800. The highest BCUT2D eigenvalue weighted by atomic mass is 32.1. The lowest BCUT2D eigenvalue weighted by atomic mass is 10.2. The normalized spacial score (nSPS) is 15.6. The molecule has 0 aliphatic carbocycles. The summed E-state index contributed by atoms with van der Waals surface area (Å²) in [6.07, 6.45) is 0.312. The SMILES string of the molecule is Cc1ccc(C(=O)N2CCCN2C(=O)OC(C)(C)C)s1. The number of aryl methyl sites for hydroxylation is 1. The standard InChI is InChI=1S/C14H20N2O3S/c1-10-6-7-11(20-10)12(17)15-8-5-9-16(15)13(18)19-14(2,3)4/h6-7H,5,8-9H2,1-4H3. The monoisotopic (exact) mass is 296 g/mol. The average molecular weight is 296 g/mol. The third-order valence-electron chi connectivity index (χ3n) is 2.82. The number of ether oxygens (including phenoxy) is 1. The van der Waals surface area contributed by atoms with E-state index in [4.69, 9.17) is 4.74 Å². The Kier molecular flexibility index (Phi) is 4.04. The summed E-state index contributed by atoms with van der Waals surface area (Å²) in [6.45, 7) is 8.47. The van der Waals surface area contributed by atoms with E-state index in [1.165, 1.54) is 21.4 Å². The lowest BCUT2D eigenvalue weighted by molar-refractivity contribution is -0.0191. The van der Waals surface area contributed by atoms with E-state index in [1.54, 1.807) is 6.07 Å². The number of thiophene rings is 1. The molecule has 0 unspecified atom stereocenters. The Bertz CT molecular complexity index is 519. The Balaban J connectivity index is 2.11. The van der Waals surface area contributed by atoms with E-state index in [0.717, 1.165) is 11.3 Å². The molecule has 0 atom stereocenters. The number of hydrazine groups is 1. The Morgan fingerprint density at radius 2 is 1.85 bits per heavy atom. The van der Waals surface area contributed by atoms with E-state index in [0.29, 0.717) is 18.0 Å². The molecule has 0 spiro atoms. The molecule has 2 amide bonds. The molecular weight excluding hydrogens is 276 g/mol. The maximum atomic E-state index is 12.4. The molecule has 5 nitrogen and oxygen atoms in total. The van der Waals surface area contributed by atoms with Crippen LogP contribution in [0.1, 0.15) is 41.7 Å². The molecule has 1 saturated heterocycles. The number of nitrogens with zero attached hydrogens (tertiary/aromatic N) is 2. The van der Waals surface area contributed by atoms with Gasteiger partial charge < -0.3 is 4.74 Å². The first-order valence-electron chi connectivity index (χ1n) is 6.67. The van der Waals surface area contributed by atoms with Crippen molar-refractivity contribution in [2.24, 2.45) is 0 Å². The third-order valence-corrected chi connectivity index (χ3v) is 3.81. The van der Waals surface area contributed by atoms with Crippen molar-refractivity contribution in [1.29, 1.82) is 0 Å². The molecule has 0 radical (unpaired) electrons. The second-order valence-electron chi connectivity index (χ2n) is 5.80. The van der Waals surface area contributed by atoms with Crippen LogP contribution in [0.25, 0.3) is 0 Å². The molecule has 1 aromatic heterocycles. The zero-order valence-electron chi connectivity index (χ0n) is 12.3. The molecule has 0 bridgehead atoms. The van der Waals surface area contributed by atoms with Crippen LogP contribution < -0.4 is 0 Å². The number of hydrogen-bond acceptors (Lipinski definition) is 4. The highest BCUT2D eigenvalue weighted by molar-refractivity contribution is 7.13. The average Bonchev–Trinajstić information content (AvgIpc) is 2.93. The molecular formula is C14H20N2O3S. The van der Waals surface area contributed by atoms with Gasteiger partial charge in [0.05, 0.1) is 4.88 Å². The fraction of sp³-hybridized carbons (Fsp3) is 0.571. The fourth-order valence-electron chi connectivity index (χ4n) is 2.00. The first-order valence-corrected chi connectivity index (χ1v) is 7.48. The second-order valence-corrected chi connectivity index (χ2v) is 7.08. The summed E-state index contributed by atoms with van der Waals surface area (Å²) in [4.78, 5) is 26.3. The summed E-state index contributed by atoms with van der Waals surface area (Å²) >= 11 is 1.44. The Morgan fingerprint density at radius 3 is 2.40 bits per heavy atom. The molecule has 0 aromatic carbocycles. The van der Waals surface area contributed by atoms with Crippen molar-refractivity contribution in [3.63, 3.8) is 0 Å². The second kappa shape index (κ2) is 5.44. The van der Waals surface area contributed by atoms with Gasteiger partial charge in [0.15, 0.2) is 0 Å². The molecule has 6 heteroatoms. The molecule has 1 aliphatic heterocycles. The molecule has 1 fully saturated rings. The van der Waals surface area contributed by atoms with Crippen molar-refractivity contribution in [2.75, 3.05) is 13.1 Å². The van der Waals surface area contributed by atoms with E-state index in [2.05, 4.69) is 0 Å². The van der Waals surface area contributed by atoms with Gasteiger partial charge in [-0.2, -0.15) is 0 Å². The zero-order valence-corrected chi connectivity index (χ0v) is 13.1. The van der Waals surface area contributed by atoms with Gasteiger partial charge in [0.1, 0.15) is 5.60 Å². The molecule has 0 N–H and O–H groups in total. The fourth-order valence-corrected chi connectivity index (χ4v) is 2.82. The van der Waals surface area contributed by atoms with Crippen LogP contribution in [0.3, 0.4) is 0 Å². The molecule has 1 aromatic rings.